The number of aromatic nitrogens is 2. The number of hydrogen-bond acceptors (Lipinski definition) is 6. The van der Waals surface area contributed by atoms with Gasteiger partial charge < -0.3 is 9.64 Å². The Morgan fingerprint density at radius 2 is 1.79 bits per heavy atom. The fraction of sp³-hybridized carbons (Fsp3) is 0.333. The molecule has 1 saturated heterocycles. The summed E-state index contributed by atoms with van der Waals surface area (Å²) in [6.45, 7) is 4.04. The number of carbonyl (C=O) groups excluding carboxylic acids is 2. The van der Waals surface area contributed by atoms with Crippen molar-refractivity contribution < 1.29 is 14.3 Å². The fourth-order valence-corrected chi connectivity index (χ4v) is 4.71. The highest BCUT2D eigenvalue weighted by atomic mass is 32.2. The predicted molar refractivity (Wildman–Crippen MR) is 128 cm³/mol. The molecule has 1 aliphatic rings. The van der Waals surface area contributed by atoms with Crippen LogP contribution in [0.3, 0.4) is 0 Å². The summed E-state index contributed by atoms with van der Waals surface area (Å²) < 4.78 is 6.53. The third-order valence-electron chi connectivity index (χ3n) is 5.41. The number of ether oxygens (including phenoxy) is 1. The molecule has 172 valence electrons. The molecule has 1 atom stereocenters. The van der Waals surface area contributed by atoms with Gasteiger partial charge in [-0.15, -0.1) is 0 Å². The van der Waals surface area contributed by atoms with E-state index in [1.54, 1.807) is 29.2 Å². The molecule has 2 amide bonds. The predicted octanol–water partition coefficient (Wildman–Crippen LogP) is 2.44. The number of rotatable bonds is 7. The summed E-state index contributed by atoms with van der Waals surface area (Å²) in [5.41, 5.74) is 3.68. The smallest absolute Gasteiger partial charge is 0.281 e. The molecule has 0 spiro atoms. The number of benzene rings is 2. The van der Waals surface area contributed by atoms with Crippen LogP contribution in [0.2, 0.25) is 0 Å². The first-order chi connectivity index (χ1) is 16.1. The van der Waals surface area contributed by atoms with E-state index in [-0.39, 0.29) is 29.0 Å². The van der Waals surface area contributed by atoms with E-state index in [9.17, 15) is 14.4 Å². The van der Waals surface area contributed by atoms with Crippen molar-refractivity contribution in [3.8, 4) is 0 Å². The van der Waals surface area contributed by atoms with Crippen LogP contribution in [0.25, 0.3) is 10.9 Å². The maximum atomic E-state index is 13.3. The zero-order valence-corrected chi connectivity index (χ0v) is 19.2. The molecule has 9 heteroatoms. The number of carbonyl (C=O) groups is 2. The van der Waals surface area contributed by atoms with Crippen molar-refractivity contribution in [1.29, 1.82) is 0 Å². The van der Waals surface area contributed by atoms with Crippen LogP contribution in [0.15, 0.2) is 64.5 Å². The van der Waals surface area contributed by atoms with Gasteiger partial charge in [0.1, 0.15) is 0 Å². The number of fused-ring (bicyclic) bond motifs is 1. The highest BCUT2D eigenvalue weighted by Gasteiger charge is 2.27. The molecule has 0 aliphatic carbocycles. The van der Waals surface area contributed by atoms with Gasteiger partial charge in [-0.2, -0.15) is 4.68 Å². The first kappa shape index (κ1) is 23.0. The molecule has 0 saturated carbocycles. The molecule has 1 aromatic heterocycles. The number of hydrogen-bond donors (Lipinski definition) is 1. The first-order valence-corrected chi connectivity index (χ1v) is 11.8. The molecule has 0 bridgehead atoms. The Hall–Kier alpha value is -3.17. The Balaban J connectivity index is 1.64. The topological polar surface area (TPSA) is 93.5 Å². The molecule has 1 aliphatic heterocycles. The third-order valence-corrected chi connectivity index (χ3v) is 6.71. The van der Waals surface area contributed by atoms with Crippen LogP contribution in [0.1, 0.15) is 18.9 Å². The van der Waals surface area contributed by atoms with Crippen LogP contribution < -0.4 is 11.0 Å². The average molecular weight is 467 g/mol. The Bertz CT molecular complexity index is 1190. The van der Waals surface area contributed by atoms with Gasteiger partial charge >= 0.3 is 0 Å². The molecular weight excluding hydrogens is 440 g/mol. The Labute approximate surface area is 195 Å². The van der Waals surface area contributed by atoms with Crippen molar-refractivity contribution in [1.82, 2.24) is 14.6 Å². The van der Waals surface area contributed by atoms with Crippen LogP contribution in [0, 0.1) is 0 Å². The minimum atomic E-state index is -0.437. The van der Waals surface area contributed by atoms with E-state index in [1.807, 2.05) is 37.3 Å². The lowest BCUT2D eigenvalue weighted by molar-refractivity contribution is -0.134. The number of nitrogens with zero attached hydrogens (tertiary/aromatic N) is 3. The third kappa shape index (κ3) is 5.43. The summed E-state index contributed by atoms with van der Waals surface area (Å²) in [7, 11) is 0. The molecule has 3 aromatic rings. The van der Waals surface area contributed by atoms with Gasteiger partial charge in [0.15, 0.2) is 5.16 Å². The summed E-state index contributed by atoms with van der Waals surface area (Å²) in [6, 6.07) is 16.3. The average Bonchev–Trinajstić information content (AvgIpc) is 2.85. The monoisotopic (exact) mass is 466 g/mol. The van der Waals surface area contributed by atoms with Crippen LogP contribution in [0.4, 0.5) is 0 Å². The van der Waals surface area contributed by atoms with Crippen molar-refractivity contribution >= 4 is 34.5 Å². The van der Waals surface area contributed by atoms with E-state index in [0.29, 0.717) is 43.6 Å². The maximum Gasteiger partial charge on any atom is 0.281 e. The van der Waals surface area contributed by atoms with Gasteiger partial charge in [0.05, 0.1) is 35.8 Å². The second kappa shape index (κ2) is 10.6. The second-order valence-electron chi connectivity index (χ2n) is 7.70. The Morgan fingerprint density at radius 3 is 2.52 bits per heavy atom. The Morgan fingerprint density at radius 1 is 1.09 bits per heavy atom. The van der Waals surface area contributed by atoms with Crippen molar-refractivity contribution in [3.63, 3.8) is 0 Å². The largest absolute Gasteiger partial charge is 0.378 e. The van der Waals surface area contributed by atoms with Gasteiger partial charge in [-0.1, -0.05) is 61.2 Å². The van der Waals surface area contributed by atoms with Crippen LogP contribution in [0.5, 0.6) is 0 Å². The SMILES string of the molecule is CCC(Sc1nc2ccccc2c(=O)n1NC(=O)Cc1ccccc1)C(=O)N1CCOCC1. The molecule has 8 nitrogen and oxygen atoms in total. The second-order valence-corrected chi connectivity index (χ2v) is 8.87. The minimum Gasteiger partial charge on any atom is -0.378 e. The van der Waals surface area contributed by atoms with Crippen LogP contribution in [-0.2, 0) is 20.7 Å². The first-order valence-electron chi connectivity index (χ1n) is 11.0. The molecule has 0 radical (unpaired) electrons. The summed E-state index contributed by atoms with van der Waals surface area (Å²) in [5.74, 6) is -0.356. The van der Waals surface area contributed by atoms with E-state index in [0.717, 1.165) is 5.56 Å². The lowest BCUT2D eigenvalue weighted by Crippen LogP contribution is -2.45. The molecular formula is C24H26N4O4S. The quantitative estimate of drug-likeness (QED) is 0.425. The van der Waals surface area contributed by atoms with E-state index in [1.165, 1.54) is 16.4 Å². The van der Waals surface area contributed by atoms with E-state index in [4.69, 9.17) is 4.74 Å². The van der Waals surface area contributed by atoms with E-state index >= 15 is 0 Å². The van der Waals surface area contributed by atoms with Crippen molar-refractivity contribution in [2.45, 2.75) is 30.2 Å². The molecule has 4 rings (SSSR count). The van der Waals surface area contributed by atoms with E-state index in [2.05, 4.69) is 10.4 Å². The number of nitrogens with one attached hydrogen (secondary N) is 1. The summed E-state index contributed by atoms with van der Waals surface area (Å²) in [5, 5.41) is 0.247. The number of morpholine rings is 1. The molecule has 2 aromatic carbocycles. The Kier molecular flexibility index (Phi) is 7.41. The zero-order chi connectivity index (χ0) is 23.2. The van der Waals surface area contributed by atoms with Gasteiger partial charge in [0.2, 0.25) is 11.8 Å². The normalized spacial score (nSPS) is 14.8. The molecule has 33 heavy (non-hydrogen) atoms. The van der Waals surface area contributed by atoms with Gasteiger partial charge in [-0.05, 0) is 24.1 Å². The maximum absolute atomic E-state index is 13.3. The molecule has 2 heterocycles. The highest BCUT2D eigenvalue weighted by Crippen LogP contribution is 2.26. The highest BCUT2D eigenvalue weighted by molar-refractivity contribution is 8.00. The summed E-state index contributed by atoms with van der Waals surface area (Å²) in [6.07, 6.45) is 0.676. The fourth-order valence-electron chi connectivity index (χ4n) is 3.66. The standard InChI is InChI=1S/C24H26N4O4S/c1-2-20(23(31)27-12-14-32-15-13-27)33-24-25-19-11-7-6-10-18(19)22(30)28(24)26-21(29)16-17-8-4-3-5-9-17/h3-11,20H,2,12-16H2,1H3,(H,26,29). The van der Waals surface area contributed by atoms with Gasteiger partial charge in [-0.25, -0.2) is 4.98 Å². The summed E-state index contributed by atoms with van der Waals surface area (Å²) >= 11 is 1.20. The lowest BCUT2D eigenvalue weighted by atomic mass is 10.1. The molecule has 1 unspecified atom stereocenters. The molecule has 1 fully saturated rings. The molecule has 1 N–H and O–H groups in total. The van der Waals surface area contributed by atoms with E-state index < -0.39 is 5.25 Å². The van der Waals surface area contributed by atoms with Crippen molar-refractivity contribution in [2.24, 2.45) is 0 Å². The number of thioether (sulfide) groups is 1. The number of amides is 2. The van der Waals surface area contributed by atoms with Crippen molar-refractivity contribution in [3.05, 3.63) is 70.5 Å². The van der Waals surface area contributed by atoms with Gasteiger partial charge in [0, 0.05) is 13.1 Å². The van der Waals surface area contributed by atoms with Crippen molar-refractivity contribution in [2.75, 3.05) is 31.7 Å². The van der Waals surface area contributed by atoms with Gasteiger partial charge in [-0.3, -0.25) is 19.8 Å². The lowest BCUT2D eigenvalue weighted by Gasteiger charge is -2.30. The summed E-state index contributed by atoms with van der Waals surface area (Å²) in [4.78, 5) is 45.5. The van der Waals surface area contributed by atoms with Crippen LogP contribution >= 0.6 is 11.8 Å². The van der Waals surface area contributed by atoms with Gasteiger partial charge in [0.25, 0.3) is 5.56 Å². The van der Waals surface area contributed by atoms with Crippen LogP contribution in [-0.4, -0.2) is 57.9 Å². The number of para-hydroxylation sites is 1. The minimum absolute atomic E-state index is 0.0182. The zero-order valence-electron chi connectivity index (χ0n) is 18.4.